The molecule has 3 nitrogen and oxygen atoms in total. The first-order chi connectivity index (χ1) is 9.00. The Hall–Kier alpha value is -0.560. The van der Waals surface area contributed by atoms with Gasteiger partial charge in [0.1, 0.15) is 5.60 Å². The van der Waals surface area contributed by atoms with Crippen LogP contribution in [-0.4, -0.2) is 45.9 Å². The highest BCUT2D eigenvalue weighted by molar-refractivity contribution is 5.03. The third-order valence-corrected chi connectivity index (χ3v) is 4.42. The zero-order valence-corrected chi connectivity index (χ0v) is 14.0. The maximum absolute atomic E-state index is 10.3. The highest BCUT2D eigenvalue weighted by atomic mass is 16.5. The number of hydrogen-bond acceptors (Lipinski definition) is 3. The third kappa shape index (κ3) is 4.48. The van der Waals surface area contributed by atoms with Gasteiger partial charge < -0.3 is 9.84 Å². The largest absolute Gasteiger partial charge is 0.389 e. The second kappa shape index (κ2) is 6.05. The summed E-state index contributed by atoms with van der Waals surface area (Å²) < 4.78 is 5.61. The van der Waals surface area contributed by atoms with Gasteiger partial charge in [-0.2, -0.15) is 0 Å². The van der Waals surface area contributed by atoms with E-state index in [2.05, 4.69) is 38.5 Å². The van der Waals surface area contributed by atoms with E-state index in [-0.39, 0.29) is 17.7 Å². The number of likely N-dealkylation sites (tertiary alicyclic amines) is 1. The Morgan fingerprint density at radius 1 is 1.25 bits per heavy atom. The van der Waals surface area contributed by atoms with E-state index in [0.29, 0.717) is 6.54 Å². The lowest BCUT2D eigenvalue weighted by atomic mass is 9.79. The van der Waals surface area contributed by atoms with Crippen LogP contribution in [0.25, 0.3) is 0 Å². The molecule has 1 heterocycles. The highest BCUT2D eigenvalue weighted by Gasteiger charge is 2.41. The first-order valence-corrected chi connectivity index (χ1v) is 7.58. The van der Waals surface area contributed by atoms with E-state index in [9.17, 15) is 5.11 Å². The molecular formula is C17H31NO2. The van der Waals surface area contributed by atoms with E-state index < -0.39 is 11.7 Å². The zero-order chi connectivity index (χ0) is 15.6. The zero-order valence-electron chi connectivity index (χ0n) is 14.0. The number of nitrogens with zero attached hydrogens (tertiary/aromatic N) is 1. The van der Waals surface area contributed by atoms with Gasteiger partial charge in [0.05, 0.1) is 12.7 Å². The molecule has 3 heteroatoms. The minimum atomic E-state index is -0.617. The fraction of sp³-hybridized carbons (Fsp3) is 0.882. The molecule has 0 aliphatic carbocycles. The average molecular weight is 281 g/mol. The van der Waals surface area contributed by atoms with Gasteiger partial charge >= 0.3 is 0 Å². The summed E-state index contributed by atoms with van der Waals surface area (Å²) in [4.78, 5) is 2.42. The van der Waals surface area contributed by atoms with Crippen LogP contribution in [0, 0.1) is 12.3 Å². The van der Waals surface area contributed by atoms with E-state index in [1.165, 1.54) is 19.3 Å². The van der Waals surface area contributed by atoms with E-state index in [1.807, 2.05) is 13.8 Å². The van der Waals surface area contributed by atoms with Crippen LogP contribution in [0.1, 0.15) is 60.8 Å². The summed E-state index contributed by atoms with van der Waals surface area (Å²) in [5, 5.41) is 10.3. The lowest BCUT2D eigenvalue weighted by molar-refractivity contribution is -0.0843. The number of aliphatic hydroxyl groups excluding tert-OH is 1. The van der Waals surface area contributed by atoms with Crippen molar-refractivity contribution in [2.45, 2.75) is 83.6 Å². The summed E-state index contributed by atoms with van der Waals surface area (Å²) in [7, 11) is 0. The average Bonchev–Trinajstić information content (AvgIpc) is 2.31. The Labute approximate surface area is 124 Å². The Kier molecular flexibility index (Phi) is 5.29. The molecule has 0 aromatic carbocycles. The van der Waals surface area contributed by atoms with Gasteiger partial charge in [-0.15, -0.1) is 6.42 Å². The van der Waals surface area contributed by atoms with Crippen molar-refractivity contribution in [3.63, 3.8) is 0 Å². The lowest BCUT2D eigenvalue weighted by Gasteiger charge is -2.53. The van der Waals surface area contributed by atoms with E-state index >= 15 is 0 Å². The molecule has 1 fully saturated rings. The maximum atomic E-state index is 10.3. The molecule has 0 aromatic rings. The molecule has 1 saturated heterocycles. The van der Waals surface area contributed by atoms with Crippen molar-refractivity contribution in [2.75, 3.05) is 13.2 Å². The number of ether oxygens (including phenoxy) is 1. The summed E-state index contributed by atoms with van der Waals surface area (Å²) in [5.74, 6) is 2.59. The van der Waals surface area contributed by atoms with Crippen molar-refractivity contribution >= 4 is 0 Å². The summed E-state index contributed by atoms with van der Waals surface area (Å²) in [6, 6.07) is 0. The second-order valence-corrected chi connectivity index (χ2v) is 7.71. The normalized spacial score (nSPS) is 24.1. The molecule has 20 heavy (non-hydrogen) atoms. The van der Waals surface area contributed by atoms with E-state index in [0.717, 1.165) is 0 Å². The van der Waals surface area contributed by atoms with Gasteiger partial charge in [0.25, 0.3) is 0 Å². The van der Waals surface area contributed by atoms with Gasteiger partial charge in [-0.25, -0.2) is 0 Å². The quantitative estimate of drug-likeness (QED) is 0.787. The van der Waals surface area contributed by atoms with E-state index in [1.54, 1.807) is 0 Å². The molecule has 0 spiro atoms. The molecule has 1 N–H and O–H groups in total. The van der Waals surface area contributed by atoms with Gasteiger partial charge in [0, 0.05) is 17.6 Å². The third-order valence-electron chi connectivity index (χ3n) is 4.42. The molecule has 0 amide bonds. The molecule has 0 bridgehead atoms. The number of terminal acetylenes is 1. The number of β-amino-alcohol motifs (C(OH)–C–C–N with tert-alkyl or cyclic N) is 1. The predicted molar refractivity (Wildman–Crippen MR) is 83.6 cm³/mol. The SMILES string of the molecule is C#CC(C)(C)OC[C@H](O)CN1C(C)(C)CCCC1(C)C. The topological polar surface area (TPSA) is 32.7 Å². The summed E-state index contributed by atoms with van der Waals surface area (Å²) in [6.45, 7) is 13.6. The Morgan fingerprint density at radius 2 is 1.75 bits per heavy atom. The molecule has 0 aromatic heterocycles. The van der Waals surface area contributed by atoms with Crippen molar-refractivity contribution in [3.8, 4) is 12.3 Å². The van der Waals surface area contributed by atoms with Crippen molar-refractivity contribution in [3.05, 3.63) is 0 Å². The lowest BCUT2D eigenvalue weighted by Crippen LogP contribution is -2.60. The van der Waals surface area contributed by atoms with Crippen LogP contribution >= 0.6 is 0 Å². The first kappa shape index (κ1) is 17.5. The van der Waals surface area contributed by atoms with Crippen LogP contribution in [-0.2, 0) is 4.74 Å². The van der Waals surface area contributed by atoms with Gasteiger partial charge in [0.2, 0.25) is 0 Å². The number of piperidine rings is 1. The Morgan fingerprint density at radius 3 is 2.20 bits per heavy atom. The van der Waals surface area contributed by atoms with Crippen LogP contribution in [0.15, 0.2) is 0 Å². The molecule has 1 atom stereocenters. The van der Waals surface area contributed by atoms with Crippen LogP contribution in [0.4, 0.5) is 0 Å². The van der Waals surface area contributed by atoms with Crippen LogP contribution in [0.3, 0.4) is 0 Å². The molecular weight excluding hydrogens is 250 g/mol. The van der Waals surface area contributed by atoms with Crippen molar-refractivity contribution < 1.29 is 9.84 Å². The fourth-order valence-electron chi connectivity index (χ4n) is 3.15. The van der Waals surface area contributed by atoms with Crippen LogP contribution in [0.2, 0.25) is 0 Å². The molecule has 0 unspecified atom stereocenters. The van der Waals surface area contributed by atoms with Crippen molar-refractivity contribution in [1.29, 1.82) is 0 Å². The Bertz CT molecular complexity index is 350. The molecule has 1 aliphatic heterocycles. The summed E-state index contributed by atoms with van der Waals surface area (Å²) in [6.07, 6.45) is 8.46. The molecule has 0 radical (unpaired) electrons. The predicted octanol–water partition coefficient (Wildman–Crippen LogP) is 2.82. The highest BCUT2D eigenvalue weighted by Crippen LogP contribution is 2.38. The second-order valence-electron chi connectivity index (χ2n) is 7.71. The van der Waals surface area contributed by atoms with Crippen LogP contribution < -0.4 is 0 Å². The fourth-order valence-corrected chi connectivity index (χ4v) is 3.15. The first-order valence-electron chi connectivity index (χ1n) is 7.58. The number of aliphatic hydroxyl groups is 1. The standard InChI is InChI=1S/C17H31NO2/c1-8-17(6,7)20-13-14(19)12-18-15(2,3)10-9-11-16(18,4)5/h1,14,19H,9-13H2,2-7H3/t14-/m1/s1. The summed E-state index contributed by atoms with van der Waals surface area (Å²) in [5.41, 5.74) is -0.386. The molecule has 1 aliphatic rings. The maximum Gasteiger partial charge on any atom is 0.122 e. The van der Waals surface area contributed by atoms with Gasteiger partial charge in [-0.1, -0.05) is 5.92 Å². The van der Waals surface area contributed by atoms with Crippen molar-refractivity contribution in [2.24, 2.45) is 0 Å². The van der Waals surface area contributed by atoms with Gasteiger partial charge in [0.15, 0.2) is 0 Å². The molecule has 1 rings (SSSR count). The minimum absolute atomic E-state index is 0.115. The van der Waals surface area contributed by atoms with Crippen LogP contribution in [0.5, 0.6) is 0 Å². The van der Waals surface area contributed by atoms with Gasteiger partial charge in [-0.3, -0.25) is 4.90 Å². The molecule has 0 saturated carbocycles. The van der Waals surface area contributed by atoms with E-state index in [4.69, 9.17) is 11.2 Å². The van der Waals surface area contributed by atoms with Crippen molar-refractivity contribution in [1.82, 2.24) is 4.90 Å². The number of rotatable bonds is 5. The molecule has 116 valence electrons. The summed E-state index contributed by atoms with van der Waals surface area (Å²) >= 11 is 0. The monoisotopic (exact) mass is 281 g/mol. The van der Waals surface area contributed by atoms with Gasteiger partial charge in [-0.05, 0) is 60.8 Å². The minimum Gasteiger partial charge on any atom is -0.389 e. The smallest absolute Gasteiger partial charge is 0.122 e. The Balaban J connectivity index is 2.63. The number of hydrogen-bond donors (Lipinski definition) is 1.